The molecule has 1 aliphatic heterocycles. The van der Waals surface area contributed by atoms with E-state index in [1.54, 1.807) is 0 Å². The summed E-state index contributed by atoms with van der Waals surface area (Å²) >= 11 is 0. The quantitative estimate of drug-likeness (QED) is 0.513. The van der Waals surface area contributed by atoms with Gasteiger partial charge in [0.25, 0.3) is 5.91 Å². The molecule has 31 heavy (non-hydrogen) atoms. The van der Waals surface area contributed by atoms with E-state index >= 15 is 0 Å². The number of rotatable bonds is 7. The summed E-state index contributed by atoms with van der Waals surface area (Å²) in [4.78, 5) is 36.5. The average Bonchev–Trinajstić information content (AvgIpc) is 3.01. The second kappa shape index (κ2) is 9.02. The van der Waals surface area contributed by atoms with Gasteiger partial charge in [0.05, 0.1) is 6.04 Å². The number of carbonyl (C=O) groups is 3. The zero-order chi connectivity index (χ0) is 22.6. The van der Waals surface area contributed by atoms with Gasteiger partial charge in [-0.25, -0.2) is 9.18 Å². The smallest absolute Gasteiger partial charge is 0.422 e. The van der Waals surface area contributed by atoms with Gasteiger partial charge in [0, 0.05) is 18.7 Å². The molecule has 0 aliphatic carbocycles. The van der Waals surface area contributed by atoms with Crippen LogP contribution in [0.25, 0.3) is 0 Å². The number of nitrogens with one attached hydrogen (secondary N) is 2. The van der Waals surface area contributed by atoms with Crippen molar-refractivity contribution < 1.29 is 36.7 Å². The SMILES string of the molecule is O=CNC(=O)N[C@@H](CN1Cc2ccc(OCC(F)(F)F)cc2C1=O)c1ccc(F)cc1. The van der Waals surface area contributed by atoms with Gasteiger partial charge in [-0.15, -0.1) is 0 Å². The van der Waals surface area contributed by atoms with Gasteiger partial charge in [0.15, 0.2) is 6.61 Å². The molecule has 0 spiro atoms. The van der Waals surface area contributed by atoms with Gasteiger partial charge in [-0.05, 0) is 35.4 Å². The fraction of sp³-hybridized carbons (Fsp3) is 0.250. The van der Waals surface area contributed by atoms with Crippen LogP contribution < -0.4 is 15.4 Å². The first-order valence-electron chi connectivity index (χ1n) is 9.04. The molecular formula is C20H17F4N3O4. The van der Waals surface area contributed by atoms with E-state index in [1.807, 2.05) is 5.32 Å². The summed E-state index contributed by atoms with van der Waals surface area (Å²) in [5.74, 6) is -1.04. The Hall–Kier alpha value is -3.63. The minimum Gasteiger partial charge on any atom is -0.484 e. The normalized spacial score (nSPS) is 14.1. The number of carbonyl (C=O) groups excluding carboxylic acids is 3. The molecule has 3 rings (SSSR count). The fourth-order valence-corrected chi connectivity index (χ4v) is 3.15. The van der Waals surface area contributed by atoms with E-state index in [4.69, 9.17) is 4.74 Å². The molecule has 0 saturated carbocycles. The van der Waals surface area contributed by atoms with Gasteiger partial charge in [0.2, 0.25) is 6.41 Å². The van der Waals surface area contributed by atoms with E-state index in [0.717, 1.165) is 0 Å². The maximum absolute atomic E-state index is 13.3. The minimum atomic E-state index is -4.51. The van der Waals surface area contributed by atoms with Crippen molar-refractivity contribution >= 4 is 18.3 Å². The molecule has 4 amide bonds. The van der Waals surface area contributed by atoms with Crippen LogP contribution >= 0.6 is 0 Å². The van der Waals surface area contributed by atoms with E-state index in [1.165, 1.54) is 47.4 Å². The van der Waals surface area contributed by atoms with Crippen LogP contribution in [0.3, 0.4) is 0 Å². The van der Waals surface area contributed by atoms with Gasteiger partial charge in [-0.2, -0.15) is 13.2 Å². The summed E-state index contributed by atoms with van der Waals surface area (Å²) in [5.41, 5.74) is 1.26. The van der Waals surface area contributed by atoms with E-state index in [9.17, 15) is 31.9 Å². The van der Waals surface area contributed by atoms with Crippen molar-refractivity contribution in [1.29, 1.82) is 0 Å². The Bertz CT molecular complexity index is 979. The summed E-state index contributed by atoms with van der Waals surface area (Å²) in [6.07, 6.45) is -4.32. The van der Waals surface area contributed by atoms with Crippen molar-refractivity contribution in [3.8, 4) is 5.75 Å². The van der Waals surface area contributed by atoms with E-state index in [2.05, 4.69) is 5.32 Å². The highest BCUT2D eigenvalue weighted by Crippen LogP contribution is 2.29. The summed E-state index contributed by atoms with van der Waals surface area (Å²) in [5, 5.41) is 4.46. The van der Waals surface area contributed by atoms with Crippen molar-refractivity contribution in [2.24, 2.45) is 0 Å². The summed E-state index contributed by atoms with van der Waals surface area (Å²) in [6.45, 7) is -1.35. The van der Waals surface area contributed by atoms with Crippen molar-refractivity contribution in [3.63, 3.8) is 0 Å². The van der Waals surface area contributed by atoms with Gasteiger partial charge in [-0.3, -0.25) is 14.9 Å². The number of imide groups is 1. The molecule has 11 heteroatoms. The highest BCUT2D eigenvalue weighted by atomic mass is 19.4. The Morgan fingerprint density at radius 2 is 1.90 bits per heavy atom. The highest BCUT2D eigenvalue weighted by Gasteiger charge is 2.32. The topological polar surface area (TPSA) is 87.7 Å². The van der Waals surface area contributed by atoms with E-state index in [-0.39, 0.29) is 30.8 Å². The molecule has 0 fully saturated rings. The summed E-state index contributed by atoms with van der Waals surface area (Å²) in [7, 11) is 0. The fourth-order valence-electron chi connectivity index (χ4n) is 3.15. The molecule has 0 unspecified atom stereocenters. The lowest BCUT2D eigenvalue weighted by Gasteiger charge is -2.25. The van der Waals surface area contributed by atoms with Crippen LogP contribution in [-0.4, -0.2) is 42.6 Å². The van der Waals surface area contributed by atoms with Crippen LogP contribution in [0.2, 0.25) is 0 Å². The zero-order valence-corrected chi connectivity index (χ0v) is 15.9. The van der Waals surface area contributed by atoms with Gasteiger partial charge in [0.1, 0.15) is 11.6 Å². The molecule has 0 aromatic heterocycles. The lowest BCUT2D eigenvalue weighted by atomic mass is 10.1. The molecule has 2 aromatic carbocycles. The van der Waals surface area contributed by atoms with Crippen molar-refractivity contribution in [2.75, 3.05) is 13.2 Å². The largest absolute Gasteiger partial charge is 0.484 e. The highest BCUT2D eigenvalue weighted by molar-refractivity contribution is 5.98. The van der Waals surface area contributed by atoms with Crippen LogP contribution in [-0.2, 0) is 11.3 Å². The Kier molecular flexibility index (Phi) is 6.42. The first-order valence-corrected chi connectivity index (χ1v) is 9.04. The van der Waals surface area contributed by atoms with Crippen LogP contribution in [0.1, 0.15) is 27.5 Å². The lowest BCUT2D eigenvalue weighted by molar-refractivity contribution is -0.153. The molecule has 0 saturated heterocycles. The first-order chi connectivity index (χ1) is 14.7. The number of urea groups is 1. The first kappa shape index (κ1) is 22.1. The lowest BCUT2D eigenvalue weighted by Crippen LogP contribution is -2.42. The van der Waals surface area contributed by atoms with Crippen molar-refractivity contribution in [2.45, 2.75) is 18.8 Å². The van der Waals surface area contributed by atoms with Gasteiger partial charge < -0.3 is 15.0 Å². The van der Waals surface area contributed by atoms with Crippen LogP contribution in [0.15, 0.2) is 42.5 Å². The number of benzene rings is 2. The molecular weight excluding hydrogens is 422 g/mol. The van der Waals surface area contributed by atoms with Crippen LogP contribution in [0, 0.1) is 5.82 Å². The number of ether oxygens (including phenoxy) is 1. The number of fused-ring (bicyclic) bond motifs is 1. The van der Waals surface area contributed by atoms with Gasteiger partial charge >= 0.3 is 12.2 Å². The maximum Gasteiger partial charge on any atom is 0.422 e. The van der Waals surface area contributed by atoms with Crippen molar-refractivity contribution in [1.82, 2.24) is 15.5 Å². The number of amides is 4. The summed E-state index contributed by atoms with van der Waals surface area (Å²) < 4.78 is 55.0. The monoisotopic (exact) mass is 439 g/mol. The molecule has 2 aromatic rings. The summed E-state index contributed by atoms with van der Waals surface area (Å²) in [6, 6.07) is 7.72. The number of hydrogen-bond acceptors (Lipinski definition) is 4. The molecule has 1 atom stereocenters. The van der Waals surface area contributed by atoms with Crippen LogP contribution in [0.5, 0.6) is 5.75 Å². The molecule has 164 valence electrons. The molecule has 0 radical (unpaired) electrons. The number of halogens is 4. The second-order valence-electron chi connectivity index (χ2n) is 6.75. The third kappa shape index (κ3) is 5.71. The molecule has 1 heterocycles. The number of alkyl halides is 3. The third-order valence-electron chi connectivity index (χ3n) is 4.53. The molecule has 0 bridgehead atoms. The predicted octanol–water partition coefficient (Wildman–Crippen LogP) is 2.92. The molecule has 2 N–H and O–H groups in total. The van der Waals surface area contributed by atoms with Crippen LogP contribution in [0.4, 0.5) is 22.4 Å². The molecule has 1 aliphatic rings. The predicted molar refractivity (Wildman–Crippen MR) is 99.6 cm³/mol. The number of hydrogen-bond donors (Lipinski definition) is 2. The third-order valence-corrected chi connectivity index (χ3v) is 4.53. The average molecular weight is 439 g/mol. The Morgan fingerprint density at radius 3 is 2.55 bits per heavy atom. The second-order valence-corrected chi connectivity index (χ2v) is 6.75. The maximum atomic E-state index is 13.3. The molecule has 7 nitrogen and oxygen atoms in total. The van der Waals surface area contributed by atoms with E-state index < -0.39 is 36.6 Å². The van der Waals surface area contributed by atoms with E-state index in [0.29, 0.717) is 11.1 Å². The zero-order valence-electron chi connectivity index (χ0n) is 15.9. The standard InChI is InChI=1S/C20H17F4N3O4/c21-14-4-1-12(2-5-14)17(26-19(30)25-11-28)9-27-8-13-3-6-15(7-16(13)18(27)29)31-10-20(22,23)24/h1-7,11,17H,8-10H2,(H2,25,26,28,30)/t17-/m0/s1. The van der Waals surface area contributed by atoms with Gasteiger partial charge in [-0.1, -0.05) is 18.2 Å². The Morgan fingerprint density at radius 1 is 1.19 bits per heavy atom. The van der Waals surface area contributed by atoms with Crippen molar-refractivity contribution in [3.05, 3.63) is 65.0 Å². The minimum absolute atomic E-state index is 0.0236. The number of nitrogens with zero attached hydrogens (tertiary/aromatic N) is 1. The Balaban J connectivity index is 1.76. The Labute approximate surface area is 174 Å².